The molecule has 0 bridgehead atoms. The van der Waals surface area contributed by atoms with Gasteiger partial charge in [0.05, 0.1) is 11.0 Å². The number of aromatic nitrogens is 2. The first-order valence-corrected chi connectivity index (χ1v) is 17.1. The molecule has 0 spiro atoms. The predicted molar refractivity (Wildman–Crippen MR) is 209 cm³/mol. The summed E-state index contributed by atoms with van der Waals surface area (Å²) < 4.78 is 2.32. The summed E-state index contributed by atoms with van der Waals surface area (Å²) in [6.07, 6.45) is 0. The minimum Gasteiger partial charge on any atom is -0.296 e. The Bertz CT molecular complexity index is 2670. The Balaban J connectivity index is 1.31. The van der Waals surface area contributed by atoms with Gasteiger partial charge in [-0.1, -0.05) is 148 Å². The van der Waals surface area contributed by atoms with Crippen molar-refractivity contribution >= 4 is 43.4 Å². The van der Waals surface area contributed by atoms with E-state index in [1.165, 1.54) is 65.7 Å². The van der Waals surface area contributed by atoms with Crippen LogP contribution in [0.25, 0.3) is 82.4 Å². The second kappa shape index (κ2) is 11.3. The first-order valence-electron chi connectivity index (χ1n) is 17.1. The molecule has 9 rings (SSSR count). The van der Waals surface area contributed by atoms with Crippen LogP contribution in [0.5, 0.6) is 0 Å². The molecule has 0 saturated heterocycles. The molecule has 0 aliphatic rings. The molecule has 9 aromatic rings. The van der Waals surface area contributed by atoms with E-state index >= 15 is 0 Å². The molecular formula is C47H36N2. The lowest BCUT2D eigenvalue weighted by atomic mass is 9.84. The minimum absolute atomic E-state index is 0.112. The largest absolute Gasteiger partial charge is 0.296 e. The van der Waals surface area contributed by atoms with Crippen LogP contribution < -0.4 is 0 Å². The number of hydrogen-bond donors (Lipinski definition) is 0. The van der Waals surface area contributed by atoms with E-state index in [0.29, 0.717) is 0 Å². The Morgan fingerprint density at radius 1 is 0.429 bits per heavy atom. The van der Waals surface area contributed by atoms with E-state index < -0.39 is 0 Å². The molecule has 49 heavy (non-hydrogen) atoms. The van der Waals surface area contributed by atoms with E-state index in [1.54, 1.807) is 0 Å². The second-order valence-electron chi connectivity index (χ2n) is 14.0. The van der Waals surface area contributed by atoms with Crippen LogP contribution in [0.15, 0.2) is 164 Å². The highest BCUT2D eigenvalue weighted by Gasteiger charge is 2.24. The molecule has 234 valence electrons. The number of nitrogens with zero attached hydrogens (tertiary/aromatic N) is 2. The van der Waals surface area contributed by atoms with E-state index in [-0.39, 0.29) is 5.41 Å². The first kappa shape index (κ1) is 29.2. The van der Waals surface area contributed by atoms with E-state index in [1.807, 2.05) is 0 Å². The number of benzene rings is 8. The maximum absolute atomic E-state index is 5.08. The van der Waals surface area contributed by atoms with Crippen LogP contribution in [0.1, 0.15) is 26.6 Å². The van der Waals surface area contributed by atoms with Crippen molar-refractivity contribution in [1.82, 2.24) is 9.55 Å². The third kappa shape index (κ3) is 4.91. The van der Waals surface area contributed by atoms with Gasteiger partial charge in [-0.15, -0.1) is 0 Å². The van der Waals surface area contributed by atoms with Crippen molar-refractivity contribution in [1.29, 1.82) is 0 Å². The van der Waals surface area contributed by atoms with Crippen LogP contribution >= 0.6 is 0 Å². The van der Waals surface area contributed by atoms with Crippen molar-refractivity contribution in [2.45, 2.75) is 26.2 Å². The topological polar surface area (TPSA) is 17.8 Å². The number of fused-ring (bicyclic) bond motifs is 4. The summed E-state index contributed by atoms with van der Waals surface area (Å²) in [6.45, 7) is 6.70. The smallest absolute Gasteiger partial charge is 0.119 e. The second-order valence-corrected chi connectivity index (χ2v) is 14.0. The lowest BCUT2D eigenvalue weighted by Gasteiger charge is -2.21. The van der Waals surface area contributed by atoms with Crippen LogP contribution in [-0.4, -0.2) is 9.55 Å². The van der Waals surface area contributed by atoms with Gasteiger partial charge in [-0.3, -0.25) is 4.57 Å². The van der Waals surface area contributed by atoms with Crippen molar-refractivity contribution in [3.63, 3.8) is 0 Å². The molecule has 0 N–H and O–H groups in total. The molecule has 0 amide bonds. The Kier molecular flexibility index (Phi) is 6.74. The highest BCUT2D eigenvalue weighted by molar-refractivity contribution is 6.22. The van der Waals surface area contributed by atoms with Crippen LogP contribution in [0.4, 0.5) is 0 Å². The molecule has 0 aliphatic carbocycles. The lowest BCUT2D eigenvalue weighted by Crippen LogP contribution is -2.18. The summed E-state index contributed by atoms with van der Waals surface area (Å²) in [7, 11) is 0. The monoisotopic (exact) mass is 628 g/mol. The summed E-state index contributed by atoms with van der Waals surface area (Å²) in [5.74, 6) is 1.06. The third-order valence-electron chi connectivity index (χ3n) is 9.82. The molecule has 1 aromatic heterocycles. The molecule has 1 heterocycles. The first-order chi connectivity index (χ1) is 23.9. The molecule has 0 aliphatic heterocycles. The molecule has 0 atom stereocenters. The predicted octanol–water partition coefficient (Wildman–Crippen LogP) is 12.8. The summed E-state index contributed by atoms with van der Waals surface area (Å²) in [5, 5.41) is 7.51. The zero-order valence-corrected chi connectivity index (χ0v) is 28.0. The van der Waals surface area contributed by atoms with E-state index in [2.05, 4.69) is 189 Å². The molecule has 2 nitrogen and oxygen atoms in total. The Hall–Kier alpha value is -5.99. The van der Waals surface area contributed by atoms with Crippen molar-refractivity contribution < 1.29 is 0 Å². The van der Waals surface area contributed by atoms with Crippen LogP contribution in [0, 0.1) is 0 Å². The molecule has 8 aromatic carbocycles. The summed E-state index contributed by atoms with van der Waals surface area (Å²) in [5.41, 5.74) is 10.5. The number of rotatable bonds is 4. The third-order valence-corrected chi connectivity index (χ3v) is 9.82. The fourth-order valence-corrected chi connectivity index (χ4v) is 7.52. The van der Waals surface area contributed by atoms with Gasteiger partial charge in [0.2, 0.25) is 0 Å². The molecule has 0 fully saturated rings. The highest BCUT2D eigenvalue weighted by Crippen LogP contribution is 2.45. The summed E-state index contributed by atoms with van der Waals surface area (Å²) >= 11 is 0. The van der Waals surface area contributed by atoms with Crippen molar-refractivity contribution in [3.05, 3.63) is 170 Å². The standard InChI is InChI=1S/C47H36N2/c1-47(2,3)46-48-42-19-11-12-20-43(42)49(46)37-26-23-33(24-27-37)44-38-17-9-10-18-39(38)45(36-22-21-32-15-7-8-16-34(32)29-36)41-30-35(25-28-40(41)44)31-13-5-4-6-14-31/h4-30H,1-3H3. The minimum atomic E-state index is -0.112. The van der Waals surface area contributed by atoms with E-state index in [4.69, 9.17) is 4.98 Å². The van der Waals surface area contributed by atoms with Gasteiger partial charge in [-0.2, -0.15) is 0 Å². The molecular weight excluding hydrogens is 593 g/mol. The van der Waals surface area contributed by atoms with Gasteiger partial charge in [0.25, 0.3) is 0 Å². The molecule has 0 saturated carbocycles. The van der Waals surface area contributed by atoms with Gasteiger partial charge in [-0.25, -0.2) is 4.98 Å². The molecule has 2 heteroatoms. The average Bonchev–Trinajstić information content (AvgIpc) is 3.55. The number of para-hydroxylation sites is 2. The Morgan fingerprint density at radius 2 is 1.02 bits per heavy atom. The number of imidazole rings is 1. The van der Waals surface area contributed by atoms with Gasteiger partial charge in [0, 0.05) is 11.1 Å². The highest BCUT2D eigenvalue weighted by atomic mass is 15.1. The van der Waals surface area contributed by atoms with E-state index in [0.717, 1.165) is 22.5 Å². The Morgan fingerprint density at radius 3 is 1.78 bits per heavy atom. The van der Waals surface area contributed by atoms with Crippen molar-refractivity contribution in [3.8, 4) is 39.1 Å². The average molecular weight is 629 g/mol. The van der Waals surface area contributed by atoms with Crippen LogP contribution in [0.3, 0.4) is 0 Å². The lowest BCUT2D eigenvalue weighted by molar-refractivity contribution is 0.539. The fraction of sp³-hybridized carbons (Fsp3) is 0.0851. The summed E-state index contributed by atoms with van der Waals surface area (Å²) in [6, 6.07) is 59.7. The number of hydrogen-bond acceptors (Lipinski definition) is 1. The van der Waals surface area contributed by atoms with Crippen LogP contribution in [-0.2, 0) is 5.41 Å². The SMILES string of the molecule is CC(C)(C)c1nc2ccccc2n1-c1ccc(-c2c3ccccc3c(-c3ccc4ccccc4c3)c3cc(-c4ccccc4)ccc23)cc1. The zero-order valence-electron chi connectivity index (χ0n) is 28.0. The van der Waals surface area contributed by atoms with Crippen LogP contribution in [0.2, 0.25) is 0 Å². The zero-order chi connectivity index (χ0) is 33.1. The maximum atomic E-state index is 5.08. The molecule has 0 radical (unpaired) electrons. The maximum Gasteiger partial charge on any atom is 0.119 e. The van der Waals surface area contributed by atoms with E-state index in [9.17, 15) is 0 Å². The normalized spacial score (nSPS) is 12.0. The van der Waals surface area contributed by atoms with Gasteiger partial charge in [-0.05, 0) is 102 Å². The van der Waals surface area contributed by atoms with Gasteiger partial charge in [0.1, 0.15) is 5.82 Å². The fourth-order valence-electron chi connectivity index (χ4n) is 7.52. The van der Waals surface area contributed by atoms with Crippen molar-refractivity contribution in [2.75, 3.05) is 0 Å². The van der Waals surface area contributed by atoms with Gasteiger partial charge in [0.15, 0.2) is 0 Å². The summed E-state index contributed by atoms with van der Waals surface area (Å²) in [4.78, 5) is 5.08. The Labute approximate surface area is 286 Å². The van der Waals surface area contributed by atoms with Crippen molar-refractivity contribution in [2.24, 2.45) is 0 Å². The van der Waals surface area contributed by atoms with Gasteiger partial charge >= 0.3 is 0 Å². The van der Waals surface area contributed by atoms with Gasteiger partial charge < -0.3 is 0 Å². The quantitative estimate of drug-likeness (QED) is 0.177. The molecule has 0 unspecified atom stereocenters.